The second kappa shape index (κ2) is 8.96. The van der Waals surface area contributed by atoms with E-state index >= 15 is 0 Å². The number of H-pyrrole nitrogens is 1. The molecular formula is C12H22IN5. The van der Waals surface area contributed by atoms with E-state index in [2.05, 4.69) is 27.1 Å². The number of aromatic nitrogens is 2. The molecule has 0 radical (unpaired) electrons. The lowest BCUT2D eigenvalue weighted by Crippen LogP contribution is -2.32. The number of aromatic amines is 1. The van der Waals surface area contributed by atoms with Gasteiger partial charge in [0.05, 0.1) is 12.7 Å². The smallest absolute Gasteiger partial charge is 0.188 e. The van der Waals surface area contributed by atoms with Gasteiger partial charge in [-0.25, -0.2) is 4.99 Å². The van der Waals surface area contributed by atoms with Crippen LogP contribution in [-0.2, 0) is 6.42 Å². The molecule has 102 valence electrons. The summed E-state index contributed by atoms with van der Waals surface area (Å²) in [6, 6.07) is 0. The highest BCUT2D eigenvalue weighted by Gasteiger charge is 1.99. The Morgan fingerprint density at radius 2 is 2.33 bits per heavy atom. The van der Waals surface area contributed by atoms with E-state index in [9.17, 15) is 0 Å². The number of aliphatic imine (C=N–C) groups is 1. The highest BCUT2D eigenvalue weighted by molar-refractivity contribution is 14.0. The van der Waals surface area contributed by atoms with Crippen LogP contribution in [0.4, 0.5) is 0 Å². The average molecular weight is 363 g/mol. The lowest BCUT2D eigenvalue weighted by Gasteiger charge is -2.05. The summed E-state index contributed by atoms with van der Waals surface area (Å²) in [6.45, 7) is 9.12. The molecule has 0 atom stereocenters. The highest BCUT2D eigenvalue weighted by atomic mass is 127. The van der Waals surface area contributed by atoms with Gasteiger partial charge in [-0.2, -0.15) is 5.10 Å². The predicted molar refractivity (Wildman–Crippen MR) is 86.4 cm³/mol. The van der Waals surface area contributed by atoms with Gasteiger partial charge in [0.1, 0.15) is 0 Å². The van der Waals surface area contributed by atoms with Crippen molar-refractivity contribution in [2.75, 3.05) is 13.1 Å². The number of nitrogens with two attached hydrogens (primary N) is 1. The molecule has 0 saturated carbocycles. The molecule has 6 heteroatoms. The Morgan fingerprint density at radius 3 is 2.89 bits per heavy atom. The molecular weight excluding hydrogens is 341 g/mol. The van der Waals surface area contributed by atoms with Crippen molar-refractivity contribution in [1.82, 2.24) is 15.5 Å². The van der Waals surface area contributed by atoms with Crippen LogP contribution in [0.15, 0.2) is 23.3 Å². The standard InChI is InChI=1S/C12H21N5.HI/c1-9(2)7-15-12(13)14-6-4-5-11-8-16-17-10(11)3;/h8H,1,4-7H2,2-3H3,(H,16,17)(H3,13,14,15);1H. The number of guanidine groups is 1. The number of rotatable bonds is 6. The molecule has 18 heavy (non-hydrogen) atoms. The molecule has 1 aromatic rings. The summed E-state index contributed by atoms with van der Waals surface area (Å²) in [5.41, 5.74) is 9.08. The van der Waals surface area contributed by atoms with Gasteiger partial charge in [0.15, 0.2) is 5.96 Å². The average Bonchev–Trinajstić information content (AvgIpc) is 2.68. The topological polar surface area (TPSA) is 79.1 Å². The third-order valence-electron chi connectivity index (χ3n) is 2.38. The quantitative estimate of drug-likeness (QED) is 0.237. The van der Waals surface area contributed by atoms with Crippen LogP contribution in [0.2, 0.25) is 0 Å². The number of nitrogens with zero attached hydrogens (tertiary/aromatic N) is 2. The van der Waals surface area contributed by atoms with Crippen molar-refractivity contribution in [2.24, 2.45) is 10.7 Å². The molecule has 0 fully saturated rings. The molecule has 0 bridgehead atoms. The van der Waals surface area contributed by atoms with Crippen LogP contribution in [0.25, 0.3) is 0 Å². The van der Waals surface area contributed by atoms with Crippen LogP contribution < -0.4 is 11.1 Å². The van der Waals surface area contributed by atoms with Gasteiger partial charge in [-0.1, -0.05) is 12.2 Å². The van der Waals surface area contributed by atoms with Crippen molar-refractivity contribution in [3.05, 3.63) is 29.6 Å². The van der Waals surface area contributed by atoms with Gasteiger partial charge in [0.25, 0.3) is 0 Å². The molecule has 0 saturated heterocycles. The molecule has 0 aliphatic carbocycles. The van der Waals surface area contributed by atoms with Crippen molar-refractivity contribution >= 4 is 29.9 Å². The number of hydrogen-bond donors (Lipinski definition) is 3. The van der Waals surface area contributed by atoms with Gasteiger partial charge in [-0.05, 0) is 32.3 Å². The molecule has 1 rings (SSSR count). The maximum Gasteiger partial charge on any atom is 0.188 e. The molecule has 4 N–H and O–H groups in total. The fraction of sp³-hybridized carbons (Fsp3) is 0.500. The van der Waals surface area contributed by atoms with E-state index < -0.39 is 0 Å². The fourth-order valence-corrected chi connectivity index (χ4v) is 1.40. The molecule has 0 amide bonds. The van der Waals surface area contributed by atoms with Crippen molar-refractivity contribution in [2.45, 2.75) is 26.7 Å². The van der Waals surface area contributed by atoms with Gasteiger partial charge < -0.3 is 11.1 Å². The molecule has 1 aromatic heterocycles. The zero-order valence-electron chi connectivity index (χ0n) is 11.0. The number of halogens is 1. The minimum atomic E-state index is 0. The van der Waals surface area contributed by atoms with Crippen LogP contribution in [0.5, 0.6) is 0 Å². The molecule has 0 aliphatic rings. The third-order valence-corrected chi connectivity index (χ3v) is 2.38. The first-order chi connectivity index (χ1) is 8.09. The number of hydrogen-bond acceptors (Lipinski definition) is 2. The second-order valence-electron chi connectivity index (χ2n) is 4.21. The third kappa shape index (κ3) is 6.63. The Bertz CT molecular complexity index is 397. The van der Waals surface area contributed by atoms with Gasteiger partial charge in [-0.3, -0.25) is 5.10 Å². The van der Waals surface area contributed by atoms with E-state index in [1.165, 1.54) is 5.56 Å². The van der Waals surface area contributed by atoms with Gasteiger partial charge in [-0.15, -0.1) is 24.0 Å². The molecule has 0 unspecified atom stereocenters. The minimum Gasteiger partial charge on any atom is -0.370 e. The first kappa shape index (κ1) is 16.9. The zero-order chi connectivity index (χ0) is 12.7. The number of aryl methyl sites for hydroxylation is 2. The monoisotopic (exact) mass is 363 g/mol. The summed E-state index contributed by atoms with van der Waals surface area (Å²) >= 11 is 0. The summed E-state index contributed by atoms with van der Waals surface area (Å²) in [4.78, 5) is 4.14. The lowest BCUT2D eigenvalue weighted by atomic mass is 10.1. The molecule has 0 spiro atoms. The van der Waals surface area contributed by atoms with E-state index in [1.807, 2.05) is 20.0 Å². The van der Waals surface area contributed by atoms with E-state index in [0.717, 1.165) is 30.7 Å². The highest BCUT2D eigenvalue weighted by Crippen LogP contribution is 2.04. The molecule has 0 aromatic carbocycles. The van der Waals surface area contributed by atoms with Crippen LogP contribution in [0, 0.1) is 6.92 Å². The summed E-state index contributed by atoms with van der Waals surface area (Å²) in [5, 5.41) is 9.98. The zero-order valence-corrected chi connectivity index (χ0v) is 13.3. The van der Waals surface area contributed by atoms with Crippen molar-refractivity contribution in [3.63, 3.8) is 0 Å². The second-order valence-corrected chi connectivity index (χ2v) is 4.21. The van der Waals surface area contributed by atoms with Crippen molar-refractivity contribution in [1.29, 1.82) is 0 Å². The summed E-state index contributed by atoms with van der Waals surface area (Å²) < 4.78 is 0. The first-order valence-electron chi connectivity index (χ1n) is 5.76. The Labute approximate surface area is 125 Å². The van der Waals surface area contributed by atoms with Crippen LogP contribution in [0.3, 0.4) is 0 Å². The largest absolute Gasteiger partial charge is 0.370 e. The predicted octanol–water partition coefficient (Wildman–Crippen LogP) is 1.75. The maximum absolute atomic E-state index is 5.69. The Hall–Kier alpha value is -1.05. The summed E-state index contributed by atoms with van der Waals surface area (Å²) in [6.07, 6.45) is 3.86. The van der Waals surface area contributed by atoms with Crippen LogP contribution in [0.1, 0.15) is 24.6 Å². The van der Waals surface area contributed by atoms with Gasteiger partial charge in [0, 0.05) is 12.2 Å². The minimum absolute atomic E-state index is 0. The maximum atomic E-state index is 5.69. The van der Waals surface area contributed by atoms with Gasteiger partial charge in [0.2, 0.25) is 0 Å². The SMILES string of the molecule is C=C(C)CN=C(N)NCCCc1cn[nH]c1C.I. The van der Waals surface area contributed by atoms with Gasteiger partial charge >= 0.3 is 0 Å². The Kier molecular flexibility index (Phi) is 8.43. The molecule has 0 aliphatic heterocycles. The molecule has 5 nitrogen and oxygen atoms in total. The summed E-state index contributed by atoms with van der Waals surface area (Å²) in [7, 11) is 0. The van der Waals surface area contributed by atoms with Crippen LogP contribution in [-0.4, -0.2) is 29.2 Å². The Balaban J connectivity index is 0.00000289. The lowest BCUT2D eigenvalue weighted by molar-refractivity contribution is 0.764. The molecule has 1 heterocycles. The van der Waals surface area contributed by atoms with E-state index in [1.54, 1.807) is 0 Å². The van der Waals surface area contributed by atoms with E-state index in [4.69, 9.17) is 5.73 Å². The van der Waals surface area contributed by atoms with E-state index in [0.29, 0.717) is 12.5 Å². The van der Waals surface area contributed by atoms with Crippen LogP contribution >= 0.6 is 24.0 Å². The normalized spacial score (nSPS) is 10.9. The first-order valence-corrected chi connectivity index (χ1v) is 5.76. The fourth-order valence-electron chi connectivity index (χ4n) is 1.40. The van der Waals surface area contributed by atoms with Crippen molar-refractivity contribution in [3.8, 4) is 0 Å². The van der Waals surface area contributed by atoms with E-state index in [-0.39, 0.29) is 24.0 Å². The van der Waals surface area contributed by atoms with Crippen molar-refractivity contribution < 1.29 is 0 Å². The number of nitrogens with one attached hydrogen (secondary N) is 2. The summed E-state index contributed by atoms with van der Waals surface area (Å²) in [5.74, 6) is 0.483. The Morgan fingerprint density at radius 1 is 1.61 bits per heavy atom.